The summed E-state index contributed by atoms with van der Waals surface area (Å²) >= 11 is 1.74. The van der Waals surface area contributed by atoms with Gasteiger partial charge in [-0.05, 0) is 23.4 Å². The molecule has 0 bridgehead atoms. The number of benzene rings is 1. The van der Waals surface area contributed by atoms with Crippen LogP contribution >= 0.6 is 11.3 Å². The standard InChI is InChI=1S/C15H18N2O2S/c1-2-5-14(15-8-4-9-20-15)16-11-12-6-3-7-13(10-12)17(18)19/h3-4,6-10,14,16H,2,5,11H2,1H3. The molecular weight excluding hydrogens is 272 g/mol. The third-order valence-corrected chi connectivity index (χ3v) is 4.12. The van der Waals surface area contributed by atoms with Gasteiger partial charge in [-0.1, -0.05) is 31.5 Å². The van der Waals surface area contributed by atoms with Crippen LogP contribution in [0.15, 0.2) is 41.8 Å². The van der Waals surface area contributed by atoms with Gasteiger partial charge in [0.25, 0.3) is 5.69 Å². The smallest absolute Gasteiger partial charge is 0.269 e. The summed E-state index contributed by atoms with van der Waals surface area (Å²) in [5, 5.41) is 16.3. The molecule has 0 radical (unpaired) electrons. The minimum absolute atomic E-state index is 0.146. The molecule has 20 heavy (non-hydrogen) atoms. The van der Waals surface area contributed by atoms with Crippen LogP contribution in [0.3, 0.4) is 0 Å². The molecule has 0 fully saturated rings. The van der Waals surface area contributed by atoms with Crippen molar-refractivity contribution in [3.63, 3.8) is 0 Å². The summed E-state index contributed by atoms with van der Waals surface area (Å²) in [5.74, 6) is 0. The first-order valence-corrected chi connectivity index (χ1v) is 7.58. The Bertz CT molecular complexity index is 555. The molecule has 1 atom stereocenters. The normalized spacial score (nSPS) is 12.2. The Morgan fingerprint density at radius 3 is 2.85 bits per heavy atom. The number of non-ortho nitro benzene ring substituents is 1. The fraction of sp³-hybridized carbons (Fsp3) is 0.333. The molecule has 106 valence electrons. The van der Waals surface area contributed by atoms with Crippen molar-refractivity contribution in [1.82, 2.24) is 5.32 Å². The number of nitro benzene ring substituents is 1. The zero-order valence-corrected chi connectivity index (χ0v) is 12.2. The first-order valence-electron chi connectivity index (χ1n) is 6.71. The summed E-state index contributed by atoms with van der Waals surface area (Å²) in [6.45, 7) is 2.81. The molecule has 1 heterocycles. The van der Waals surface area contributed by atoms with Crippen molar-refractivity contribution in [1.29, 1.82) is 0 Å². The van der Waals surface area contributed by atoms with E-state index in [1.807, 2.05) is 6.07 Å². The zero-order chi connectivity index (χ0) is 14.4. The van der Waals surface area contributed by atoms with Gasteiger partial charge in [0.15, 0.2) is 0 Å². The van der Waals surface area contributed by atoms with E-state index < -0.39 is 0 Å². The van der Waals surface area contributed by atoms with E-state index in [9.17, 15) is 10.1 Å². The molecule has 0 aliphatic rings. The average Bonchev–Trinajstić information content (AvgIpc) is 2.97. The van der Waals surface area contributed by atoms with Crippen LogP contribution in [-0.2, 0) is 6.54 Å². The third kappa shape index (κ3) is 3.88. The van der Waals surface area contributed by atoms with Gasteiger partial charge in [0.2, 0.25) is 0 Å². The minimum atomic E-state index is -0.355. The van der Waals surface area contributed by atoms with Crippen LogP contribution in [0.25, 0.3) is 0 Å². The lowest BCUT2D eigenvalue weighted by Gasteiger charge is -2.16. The van der Waals surface area contributed by atoms with E-state index in [0.717, 1.165) is 18.4 Å². The topological polar surface area (TPSA) is 55.2 Å². The highest BCUT2D eigenvalue weighted by atomic mass is 32.1. The Labute approximate surface area is 122 Å². The van der Waals surface area contributed by atoms with Gasteiger partial charge in [-0.3, -0.25) is 10.1 Å². The van der Waals surface area contributed by atoms with E-state index in [2.05, 4.69) is 29.8 Å². The van der Waals surface area contributed by atoms with Crippen molar-refractivity contribution in [3.8, 4) is 0 Å². The van der Waals surface area contributed by atoms with Crippen LogP contribution in [0.2, 0.25) is 0 Å². The van der Waals surface area contributed by atoms with Crippen LogP contribution in [0.4, 0.5) is 5.69 Å². The van der Waals surface area contributed by atoms with Gasteiger partial charge in [0.05, 0.1) is 4.92 Å². The van der Waals surface area contributed by atoms with E-state index in [4.69, 9.17) is 0 Å². The maximum atomic E-state index is 10.8. The van der Waals surface area contributed by atoms with Crippen LogP contribution < -0.4 is 5.32 Å². The lowest BCUT2D eigenvalue weighted by atomic mass is 10.1. The van der Waals surface area contributed by atoms with Crippen molar-refractivity contribution in [3.05, 3.63) is 62.3 Å². The Hall–Kier alpha value is -1.72. The number of thiophene rings is 1. The predicted molar refractivity (Wildman–Crippen MR) is 81.9 cm³/mol. The summed E-state index contributed by atoms with van der Waals surface area (Å²) in [6, 6.07) is 11.3. The van der Waals surface area contributed by atoms with E-state index in [1.165, 1.54) is 10.9 Å². The Kier molecular flexibility index (Phi) is 5.26. The molecule has 2 aromatic rings. The Morgan fingerprint density at radius 1 is 1.35 bits per heavy atom. The molecule has 0 saturated carbocycles. The highest BCUT2D eigenvalue weighted by molar-refractivity contribution is 7.10. The Morgan fingerprint density at radius 2 is 2.20 bits per heavy atom. The lowest BCUT2D eigenvalue weighted by molar-refractivity contribution is -0.384. The summed E-state index contributed by atoms with van der Waals surface area (Å²) in [5.41, 5.74) is 1.09. The summed E-state index contributed by atoms with van der Waals surface area (Å²) in [6.07, 6.45) is 2.17. The van der Waals surface area contributed by atoms with Crippen molar-refractivity contribution in [2.75, 3.05) is 0 Å². The van der Waals surface area contributed by atoms with Gasteiger partial charge in [-0.2, -0.15) is 0 Å². The summed E-state index contributed by atoms with van der Waals surface area (Å²) in [7, 11) is 0. The van der Waals surface area contributed by atoms with Crippen molar-refractivity contribution >= 4 is 17.0 Å². The number of nitrogens with one attached hydrogen (secondary N) is 1. The minimum Gasteiger partial charge on any atom is -0.305 e. The van der Waals surface area contributed by atoms with Crippen LogP contribution in [0.1, 0.15) is 36.2 Å². The number of hydrogen-bond donors (Lipinski definition) is 1. The second-order valence-corrected chi connectivity index (χ2v) is 5.64. The quantitative estimate of drug-likeness (QED) is 0.611. The molecule has 1 N–H and O–H groups in total. The van der Waals surface area contributed by atoms with Gasteiger partial charge >= 0.3 is 0 Å². The number of nitrogens with zero attached hydrogens (tertiary/aromatic N) is 1. The number of nitro groups is 1. The van der Waals surface area contributed by atoms with E-state index in [0.29, 0.717) is 12.6 Å². The van der Waals surface area contributed by atoms with Crippen LogP contribution in [0.5, 0.6) is 0 Å². The molecule has 0 aliphatic heterocycles. The maximum Gasteiger partial charge on any atom is 0.269 e. The van der Waals surface area contributed by atoms with Gasteiger partial charge in [0, 0.05) is 29.6 Å². The van der Waals surface area contributed by atoms with Crippen LogP contribution in [0, 0.1) is 10.1 Å². The number of rotatable bonds is 7. The monoisotopic (exact) mass is 290 g/mol. The molecular formula is C15H18N2O2S. The van der Waals surface area contributed by atoms with E-state index >= 15 is 0 Å². The molecule has 0 saturated heterocycles. The lowest BCUT2D eigenvalue weighted by Crippen LogP contribution is -2.20. The molecule has 1 aromatic carbocycles. The predicted octanol–water partition coefficient (Wildman–Crippen LogP) is 4.29. The van der Waals surface area contributed by atoms with E-state index in [1.54, 1.807) is 23.5 Å². The van der Waals surface area contributed by atoms with Crippen molar-refractivity contribution in [2.24, 2.45) is 0 Å². The highest BCUT2D eigenvalue weighted by Crippen LogP contribution is 2.24. The SMILES string of the molecule is CCCC(NCc1cccc([N+](=O)[O-])c1)c1cccs1. The first kappa shape index (κ1) is 14.7. The molecule has 2 rings (SSSR count). The number of hydrogen-bond acceptors (Lipinski definition) is 4. The van der Waals surface area contributed by atoms with Gasteiger partial charge in [0.1, 0.15) is 0 Å². The van der Waals surface area contributed by atoms with Gasteiger partial charge in [-0.15, -0.1) is 11.3 Å². The largest absolute Gasteiger partial charge is 0.305 e. The second-order valence-electron chi connectivity index (χ2n) is 4.66. The second kappa shape index (κ2) is 7.17. The van der Waals surface area contributed by atoms with Crippen molar-refractivity contribution in [2.45, 2.75) is 32.4 Å². The molecule has 5 heteroatoms. The summed E-state index contributed by atoms with van der Waals surface area (Å²) < 4.78 is 0. The third-order valence-electron chi connectivity index (χ3n) is 3.14. The molecule has 0 aliphatic carbocycles. The van der Waals surface area contributed by atoms with E-state index in [-0.39, 0.29) is 10.6 Å². The van der Waals surface area contributed by atoms with Crippen molar-refractivity contribution < 1.29 is 4.92 Å². The van der Waals surface area contributed by atoms with Gasteiger partial charge < -0.3 is 5.32 Å². The summed E-state index contributed by atoms with van der Waals surface area (Å²) in [4.78, 5) is 11.7. The first-order chi connectivity index (χ1) is 9.70. The average molecular weight is 290 g/mol. The molecule has 0 spiro atoms. The maximum absolute atomic E-state index is 10.8. The highest BCUT2D eigenvalue weighted by Gasteiger charge is 2.12. The molecule has 1 aromatic heterocycles. The Balaban J connectivity index is 2.02. The molecule has 0 amide bonds. The van der Waals surface area contributed by atoms with Crippen LogP contribution in [-0.4, -0.2) is 4.92 Å². The zero-order valence-electron chi connectivity index (χ0n) is 11.4. The molecule has 4 nitrogen and oxygen atoms in total. The van der Waals surface area contributed by atoms with Gasteiger partial charge in [-0.25, -0.2) is 0 Å². The fourth-order valence-electron chi connectivity index (χ4n) is 2.14. The molecule has 1 unspecified atom stereocenters. The fourth-order valence-corrected chi connectivity index (χ4v) is 2.98.